The Morgan fingerprint density at radius 3 is 2.28 bits per heavy atom. The minimum absolute atomic E-state index is 0.256. The highest BCUT2D eigenvalue weighted by Gasteiger charge is 2.40. The van der Waals surface area contributed by atoms with Crippen LogP contribution in [0.3, 0.4) is 0 Å². The van der Waals surface area contributed by atoms with Gasteiger partial charge in [0.1, 0.15) is 16.4 Å². The molecule has 4 rings (SSSR count). The van der Waals surface area contributed by atoms with Crippen LogP contribution >= 0.6 is 23.4 Å². The van der Waals surface area contributed by atoms with Crippen LogP contribution in [0.15, 0.2) is 88.3 Å². The molecule has 0 bridgehead atoms. The summed E-state index contributed by atoms with van der Waals surface area (Å²) in [5.41, 5.74) is 2.60. The van der Waals surface area contributed by atoms with Gasteiger partial charge in [-0.2, -0.15) is 0 Å². The third kappa shape index (κ3) is 4.38. The second-order valence-corrected chi connectivity index (χ2v) is 8.56. The fourth-order valence-corrected chi connectivity index (χ4v) is 4.44. The van der Waals surface area contributed by atoms with Gasteiger partial charge in [-0.1, -0.05) is 48.5 Å². The van der Waals surface area contributed by atoms with E-state index >= 15 is 0 Å². The molecule has 0 fully saturated rings. The van der Waals surface area contributed by atoms with E-state index in [1.54, 1.807) is 43.5 Å². The second-order valence-electron chi connectivity index (χ2n) is 7.04. The number of carbonyl (C=O) groups excluding carboxylic acids is 2. The van der Waals surface area contributed by atoms with Crippen molar-refractivity contribution in [3.63, 3.8) is 0 Å². The lowest BCUT2D eigenvalue weighted by atomic mass is 10.1. The molecule has 0 spiro atoms. The van der Waals surface area contributed by atoms with Crippen molar-refractivity contribution in [3.8, 4) is 5.75 Å². The number of hydrogen-bond acceptors (Lipinski definition) is 5. The zero-order valence-electron chi connectivity index (χ0n) is 17.6. The molecule has 0 aliphatic carbocycles. The van der Waals surface area contributed by atoms with Gasteiger partial charge in [0.25, 0.3) is 11.8 Å². The highest BCUT2D eigenvalue weighted by Crippen LogP contribution is 2.38. The van der Waals surface area contributed by atoms with Crippen molar-refractivity contribution in [3.05, 3.63) is 94.0 Å². The predicted octanol–water partition coefficient (Wildman–Crippen LogP) is 5.90. The summed E-state index contributed by atoms with van der Waals surface area (Å²) < 4.78 is 5.19. The normalized spacial score (nSPS) is 13.7. The van der Waals surface area contributed by atoms with Crippen molar-refractivity contribution in [2.45, 2.75) is 18.2 Å². The molecule has 0 radical (unpaired) electrons. The van der Waals surface area contributed by atoms with E-state index in [0.717, 1.165) is 22.6 Å². The van der Waals surface area contributed by atoms with Crippen LogP contribution in [0.2, 0.25) is 5.02 Å². The van der Waals surface area contributed by atoms with Crippen LogP contribution in [-0.2, 0) is 16.0 Å². The largest absolute Gasteiger partial charge is 0.497 e. The molecule has 1 heterocycles. The Morgan fingerprint density at radius 1 is 0.938 bits per heavy atom. The number of ether oxygens (including phenoxy) is 1. The second kappa shape index (κ2) is 9.51. The van der Waals surface area contributed by atoms with Crippen molar-refractivity contribution in [2.24, 2.45) is 0 Å². The zero-order valence-corrected chi connectivity index (χ0v) is 19.2. The fourth-order valence-electron chi connectivity index (χ4n) is 3.39. The molecule has 3 aromatic rings. The van der Waals surface area contributed by atoms with Crippen LogP contribution < -0.4 is 15.0 Å². The van der Waals surface area contributed by atoms with E-state index in [9.17, 15) is 9.59 Å². The third-order valence-corrected chi connectivity index (χ3v) is 6.41. The number of nitrogens with zero attached hydrogens (tertiary/aromatic N) is 1. The maximum atomic E-state index is 13.4. The Bertz CT molecular complexity index is 1190. The Balaban J connectivity index is 1.74. The molecule has 0 atom stereocenters. The van der Waals surface area contributed by atoms with E-state index in [1.165, 1.54) is 16.7 Å². The molecule has 1 N–H and O–H groups in total. The molecule has 2 amide bonds. The molecule has 0 saturated carbocycles. The zero-order chi connectivity index (χ0) is 22.7. The van der Waals surface area contributed by atoms with Gasteiger partial charge in [-0.3, -0.25) is 9.59 Å². The first-order valence-electron chi connectivity index (χ1n) is 10.1. The SMILES string of the molecule is CCc1ccccc1NC1=C(Sc2ccc(Cl)cc2)C(=O)N(c2ccc(OC)cc2)C1=O. The summed E-state index contributed by atoms with van der Waals surface area (Å²) in [6.45, 7) is 2.05. The minimum atomic E-state index is -0.400. The number of amides is 2. The minimum Gasteiger partial charge on any atom is -0.497 e. The lowest BCUT2D eigenvalue weighted by Gasteiger charge is -2.16. The molecule has 3 aromatic carbocycles. The van der Waals surface area contributed by atoms with E-state index in [4.69, 9.17) is 16.3 Å². The Morgan fingerprint density at radius 2 is 1.62 bits per heavy atom. The molecular weight excluding hydrogens is 444 g/mol. The van der Waals surface area contributed by atoms with Crippen molar-refractivity contribution >= 4 is 46.6 Å². The number of carbonyl (C=O) groups is 2. The summed E-state index contributed by atoms with van der Waals surface area (Å²) in [6.07, 6.45) is 0.792. The van der Waals surface area contributed by atoms with E-state index in [2.05, 4.69) is 5.32 Å². The van der Waals surface area contributed by atoms with Gasteiger partial charge in [0.15, 0.2) is 0 Å². The van der Waals surface area contributed by atoms with Gasteiger partial charge < -0.3 is 10.1 Å². The number of rotatable bonds is 7. The standard InChI is InChI=1S/C25H21ClN2O3S/c1-3-16-6-4-5-7-21(16)27-22-23(32-20-14-8-17(26)9-15-20)25(30)28(24(22)29)18-10-12-19(31-2)13-11-18/h4-15,27H,3H2,1-2H3. The van der Waals surface area contributed by atoms with Crippen molar-refractivity contribution in [2.75, 3.05) is 17.3 Å². The molecule has 32 heavy (non-hydrogen) atoms. The average molecular weight is 465 g/mol. The van der Waals surface area contributed by atoms with E-state index in [0.29, 0.717) is 21.4 Å². The van der Waals surface area contributed by atoms with Gasteiger partial charge in [-0.25, -0.2) is 4.90 Å². The topological polar surface area (TPSA) is 58.6 Å². The number of nitrogens with one attached hydrogen (secondary N) is 1. The number of imide groups is 1. The molecule has 0 aromatic heterocycles. The number of anilines is 2. The molecule has 5 nitrogen and oxygen atoms in total. The summed E-state index contributed by atoms with van der Waals surface area (Å²) in [6, 6.07) is 21.8. The summed E-state index contributed by atoms with van der Waals surface area (Å²) in [5.74, 6) is -0.133. The lowest BCUT2D eigenvalue weighted by molar-refractivity contribution is -0.120. The van der Waals surface area contributed by atoms with Crippen LogP contribution in [0.5, 0.6) is 5.75 Å². The number of benzene rings is 3. The van der Waals surface area contributed by atoms with Gasteiger partial charge in [-0.15, -0.1) is 0 Å². The van der Waals surface area contributed by atoms with Gasteiger partial charge in [-0.05, 0) is 66.6 Å². The molecule has 1 aliphatic heterocycles. The quantitative estimate of drug-likeness (QED) is 0.441. The van der Waals surface area contributed by atoms with Crippen LogP contribution in [-0.4, -0.2) is 18.9 Å². The molecule has 7 heteroatoms. The van der Waals surface area contributed by atoms with Crippen LogP contribution in [0.4, 0.5) is 11.4 Å². The number of halogens is 1. The first-order valence-corrected chi connectivity index (χ1v) is 11.3. The van der Waals surface area contributed by atoms with Gasteiger partial charge in [0.05, 0.1) is 12.8 Å². The lowest BCUT2D eigenvalue weighted by Crippen LogP contribution is -2.32. The van der Waals surface area contributed by atoms with Crippen LogP contribution in [0.25, 0.3) is 0 Å². The van der Waals surface area contributed by atoms with E-state index in [-0.39, 0.29) is 11.6 Å². The van der Waals surface area contributed by atoms with Gasteiger partial charge in [0.2, 0.25) is 0 Å². The van der Waals surface area contributed by atoms with Gasteiger partial charge >= 0.3 is 0 Å². The number of hydrogen-bond donors (Lipinski definition) is 1. The Labute approximate surface area is 196 Å². The van der Waals surface area contributed by atoms with Crippen LogP contribution in [0.1, 0.15) is 12.5 Å². The summed E-state index contributed by atoms with van der Waals surface area (Å²) in [5, 5.41) is 3.84. The smallest absolute Gasteiger partial charge is 0.283 e. The third-order valence-electron chi connectivity index (χ3n) is 5.06. The monoisotopic (exact) mass is 464 g/mol. The number of thioether (sulfide) groups is 1. The van der Waals surface area contributed by atoms with Crippen molar-refractivity contribution in [1.82, 2.24) is 0 Å². The number of para-hydroxylation sites is 1. The Hall–Kier alpha value is -3.22. The molecular formula is C25H21ClN2O3S. The first-order chi connectivity index (χ1) is 15.5. The summed E-state index contributed by atoms with van der Waals surface area (Å²) >= 11 is 7.24. The molecule has 0 unspecified atom stereocenters. The summed E-state index contributed by atoms with van der Waals surface area (Å²) in [4.78, 5) is 29.2. The average Bonchev–Trinajstić information content (AvgIpc) is 3.05. The Kier molecular flexibility index (Phi) is 6.53. The molecule has 0 saturated heterocycles. The maximum Gasteiger partial charge on any atom is 0.283 e. The molecule has 162 valence electrons. The number of aryl methyl sites for hydroxylation is 1. The highest BCUT2D eigenvalue weighted by atomic mass is 35.5. The van der Waals surface area contributed by atoms with Crippen molar-refractivity contribution < 1.29 is 14.3 Å². The summed E-state index contributed by atoms with van der Waals surface area (Å²) in [7, 11) is 1.57. The van der Waals surface area contributed by atoms with Crippen molar-refractivity contribution in [1.29, 1.82) is 0 Å². The fraction of sp³-hybridized carbons (Fsp3) is 0.120. The molecule has 1 aliphatic rings. The first kappa shape index (κ1) is 22.0. The maximum absolute atomic E-state index is 13.4. The van der Waals surface area contributed by atoms with Gasteiger partial charge in [0, 0.05) is 15.6 Å². The van der Waals surface area contributed by atoms with Crippen LogP contribution in [0, 0.1) is 0 Å². The predicted molar refractivity (Wildman–Crippen MR) is 129 cm³/mol. The highest BCUT2D eigenvalue weighted by molar-refractivity contribution is 8.04. The number of methoxy groups -OCH3 is 1. The van der Waals surface area contributed by atoms with E-state index < -0.39 is 5.91 Å². The van der Waals surface area contributed by atoms with E-state index in [1.807, 2.05) is 43.3 Å².